The van der Waals surface area contributed by atoms with E-state index in [0.717, 1.165) is 12.1 Å². The highest BCUT2D eigenvalue weighted by molar-refractivity contribution is 5.83. The number of aromatic nitrogens is 2. The standard InChI is InChI=1S/C14H19N3/c1-9-5-6-13-12(8-16-17-13)14(9)11-4-3-7-15-10(11)2/h5-6,8,10-11,15H,3-4,7H2,1-2H3,(H,16,17). The Bertz CT molecular complexity index is 529. The van der Waals surface area contributed by atoms with Crippen molar-refractivity contribution >= 4 is 10.9 Å². The predicted molar refractivity (Wildman–Crippen MR) is 70.3 cm³/mol. The lowest BCUT2D eigenvalue weighted by molar-refractivity contribution is 0.372. The molecule has 0 aliphatic carbocycles. The topological polar surface area (TPSA) is 40.7 Å². The van der Waals surface area contributed by atoms with Crippen molar-refractivity contribution in [3.05, 3.63) is 29.5 Å². The SMILES string of the molecule is Cc1ccc2[nH]ncc2c1C1CCCNC1C. The summed E-state index contributed by atoms with van der Waals surface area (Å²) < 4.78 is 0. The van der Waals surface area contributed by atoms with Gasteiger partial charge in [-0.25, -0.2) is 0 Å². The van der Waals surface area contributed by atoms with Crippen molar-refractivity contribution in [2.75, 3.05) is 6.54 Å². The van der Waals surface area contributed by atoms with Gasteiger partial charge < -0.3 is 5.32 Å². The Balaban J connectivity index is 2.14. The van der Waals surface area contributed by atoms with Gasteiger partial charge in [-0.15, -0.1) is 0 Å². The molecule has 1 aromatic carbocycles. The van der Waals surface area contributed by atoms with Crippen molar-refractivity contribution in [1.82, 2.24) is 15.5 Å². The van der Waals surface area contributed by atoms with Crippen LogP contribution in [0.4, 0.5) is 0 Å². The first-order chi connectivity index (χ1) is 8.27. The van der Waals surface area contributed by atoms with Gasteiger partial charge in [0.2, 0.25) is 0 Å². The second kappa shape index (κ2) is 4.15. The van der Waals surface area contributed by atoms with Crippen LogP contribution in [0.1, 0.15) is 36.8 Å². The number of aryl methyl sites for hydroxylation is 1. The van der Waals surface area contributed by atoms with Crippen LogP contribution in [0.25, 0.3) is 10.9 Å². The molecule has 1 aliphatic heterocycles. The summed E-state index contributed by atoms with van der Waals surface area (Å²) in [5, 5.41) is 12.1. The van der Waals surface area contributed by atoms with Crippen molar-refractivity contribution in [1.29, 1.82) is 0 Å². The lowest BCUT2D eigenvalue weighted by Gasteiger charge is -2.31. The number of hydrogen-bond acceptors (Lipinski definition) is 2. The van der Waals surface area contributed by atoms with E-state index < -0.39 is 0 Å². The zero-order chi connectivity index (χ0) is 11.8. The molecule has 3 heteroatoms. The average molecular weight is 229 g/mol. The van der Waals surface area contributed by atoms with Crippen molar-refractivity contribution < 1.29 is 0 Å². The monoisotopic (exact) mass is 229 g/mol. The van der Waals surface area contributed by atoms with Gasteiger partial charge in [-0.3, -0.25) is 5.10 Å². The van der Waals surface area contributed by atoms with Crippen LogP contribution in [-0.2, 0) is 0 Å². The Morgan fingerprint density at radius 2 is 2.24 bits per heavy atom. The Labute approximate surface area is 102 Å². The van der Waals surface area contributed by atoms with Gasteiger partial charge in [-0.05, 0) is 56.3 Å². The Kier molecular flexibility index (Phi) is 2.63. The van der Waals surface area contributed by atoms with Crippen LogP contribution < -0.4 is 5.32 Å². The molecule has 0 spiro atoms. The normalized spacial score (nSPS) is 25.3. The molecule has 2 unspecified atom stereocenters. The van der Waals surface area contributed by atoms with Crippen LogP contribution >= 0.6 is 0 Å². The molecule has 90 valence electrons. The lowest BCUT2D eigenvalue weighted by atomic mass is 9.82. The molecule has 2 N–H and O–H groups in total. The van der Waals surface area contributed by atoms with E-state index in [9.17, 15) is 0 Å². The molecule has 17 heavy (non-hydrogen) atoms. The van der Waals surface area contributed by atoms with Gasteiger partial charge in [-0.1, -0.05) is 6.07 Å². The van der Waals surface area contributed by atoms with Crippen LogP contribution in [0.2, 0.25) is 0 Å². The van der Waals surface area contributed by atoms with Crippen LogP contribution in [0.5, 0.6) is 0 Å². The fourth-order valence-electron chi connectivity index (χ4n) is 3.08. The summed E-state index contributed by atoms with van der Waals surface area (Å²) >= 11 is 0. The molecule has 2 heterocycles. The summed E-state index contributed by atoms with van der Waals surface area (Å²) in [7, 11) is 0. The maximum atomic E-state index is 4.18. The Hall–Kier alpha value is -1.35. The molecule has 3 rings (SSSR count). The smallest absolute Gasteiger partial charge is 0.0653 e. The number of piperidine rings is 1. The molecule has 0 amide bonds. The second-order valence-corrected chi connectivity index (χ2v) is 5.12. The molecule has 3 nitrogen and oxygen atoms in total. The van der Waals surface area contributed by atoms with Crippen LogP contribution in [-0.4, -0.2) is 22.8 Å². The third-order valence-electron chi connectivity index (χ3n) is 4.02. The number of rotatable bonds is 1. The molecule has 2 atom stereocenters. The summed E-state index contributed by atoms with van der Waals surface area (Å²) in [6.45, 7) is 5.66. The highest BCUT2D eigenvalue weighted by Crippen LogP contribution is 2.34. The Morgan fingerprint density at radius 3 is 3.06 bits per heavy atom. The van der Waals surface area contributed by atoms with Gasteiger partial charge >= 0.3 is 0 Å². The van der Waals surface area contributed by atoms with E-state index in [1.807, 2.05) is 6.20 Å². The first kappa shape index (κ1) is 10.8. The van der Waals surface area contributed by atoms with E-state index in [0.29, 0.717) is 12.0 Å². The number of nitrogens with zero attached hydrogens (tertiary/aromatic N) is 1. The number of benzene rings is 1. The van der Waals surface area contributed by atoms with Crippen LogP contribution in [0.15, 0.2) is 18.3 Å². The highest BCUT2D eigenvalue weighted by Gasteiger charge is 2.25. The summed E-state index contributed by atoms with van der Waals surface area (Å²) in [6.07, 6.45) is 4.51. The minimum atomic E-state index is 0.558. The summed E-state index contributed by atoms with van der Waals surface area (Å²) in [6, 6.07) is 4.89. The molecule has 0 saturated carbocycles. The predicted octanol–water partition coefficient (Wildman–Crippen LogP) is 2.73. The molecule has 1 fully saturated rings. The Morgan fingerprint density at radius 1 is 1.35 bits per heavy atom. The summed E-state index contributed by atoms with van der Waals surface area (Å²) in [5.41, 5.74) is 4.03. The third-order valence-corrected chi connectivity index (χ3v) is 4.02. The van der Waals surface area contributed by atoms with Crippen molar-refractivity contribution in [2.45, 2.75) is 38.6 Å². The maximum Gasteiger partial charge on any atom is 0.0653 e. The van der Waals surface area contributed by atoms with E-state index in [1.165, 1.54) is 29.4 Å². The number of fused-ring (bicyclic) bond motifs is 1. The molecule has 0 bridgehead atoms. The zero-order valence-electron chi connectivity index (χ0n) is 10.5. The lowest BCUT2D eigenvalue weighted by Crippen LogP contribution is -2.37. The van der Waals surface area contributed by atoms with Gasteiger partial charge in [-0.2, -0.15) is 5.10 Å². The second-order valence-electron chi connectivity index (χ2n) is 5.12. The van der Waals surface area contributed by atoms with Gasteiger partial charge in [0.05, 0.1) is 11.7 Å². The van der Waals surface area contributed by atoms with E-state index in [-0.39, 0.29) is 0 Å². The third kappa shape index (κ3) is 1.75. The maximum absolute atomic E-state index is 4.18. The summed E-state index contributed by atoms with van der Waals surface area (Å²) in [4.78, 5) is 0. The van der Waals surface area contributed by atoms with E-state index >= 15 is 0 Å². The number of aromatic amines is 1. The van der Waals surface area contributed by atoms with E-state index in [4.69, 9.17) is 0 Å². The van der Waals surface area contributed by atoms with Gasteiger partial charge in [0.15, 0.2) is 0 Å². The van der Waals surface area contributed by atoms with Crippen LogP contribution in [0.3, 0.4) is 0 Å². The summed E-state index contributed by atoms with van der Waals surface area (Å²) in [5.74, 6) is 0.616. The molecule has 1 aromatic heterocycles. The fourth-order valence-corrected chi connectivity index (χ4v) is 3.08. The van der Waals surface area contributed by atoms with Crippen molar-refractivity contribution in [3.8, 4) is 0 Å². The highest BCUT2D eigenvalue weighted by atomic mass is 15.1. The zero-order valence-corrected chi connectivity index (χ0v) is 10.5. The van der Waals surface area contributed by atoms with Crippen molar-refractivity contribution in [3.63, 3.8) is 0 Å². The quantitative estimate of drug-likeness (QED) is 0.789. The number of H-pyrrole nitrogens is 1. The van der Waals surface area contributed by atoms with E-state index in [2.05, 4.69) is 41.5 Å². The van der Waals surface area contributed by atoms with Gasteiger partial charge in [0.1, 0.15) is 0 Å². The average Bonchev–Trinajstić information content (AvgIpc) is 2.79. The minimum Gasteiger partial charge on any atom is -0.314 e. The molecule has 1 saturated heterocycles. The molecule has 1 aliphatic rings. The van der Waals surface area contributed by atoms with Crippen LogP contribution in [0, 0.1) is 6.92 Å². The molecule has 0 radical (unpaired) electrons. The number of hydrogen-bond donors (Lipinski definition) is 2. The largest absolute Gasteiger partial charge is 0.314 e. The first-order valence-electron chi connectivity index (χ1n) is 6.43. The minimum absolute atomic E-state index is 0.558. The molecular formula is C14H19N3. The molecule has 2 aromatic rings. The van der Waals surface area contributed by atoms with Gasteiger partial charge in [0, 0.05) is 11.4 Å². The van der Waals surface area contributed by atoms with Gasteiger partial charge in [0.25, 0.3) is 0 Å². The van der Waals surface area contributed by atoms with E-state index in [1.54, 1.807) is 0 Å². The fraction of sp³-hybridized carbons (Fsp3) is 0.500. The molecular weight excluding hydrogens is 210 g/mol. The first-order valence-corrected chi connectivity index (χ1v) is 6.43. The number of nitrogens with one attached hydrogen (secondary N) is 2. The van der Waals surface area contributed by atoms with Crippen molar-refractivity contribution in [2.24, 2.45) is 0 Å².